The van der Waals surface area contributed by atoms with Crippen LogP contribution in [0.25, 0.3) is 16.7 Å². The Morgan fingerprint density at radius 2 is 1.89 bits per heavy atom. The van der Waals surface area contributed by atoms with Crippen molar-refractivity contribution in [2.75, 3.05) is 4.43 Å². The molecule has 0 spiro atoms. The van der Waals surface area contributed by atoms with E-state index in [1.54, 1.807) is 4.80 Å². The van der Waals surface area contributed by atoms with Crippen LogP contribution in [0.5, 0.6) is 0 Å². The SMILES string of the molecule is CC1=CC(CI)C(O)C(n2nc3ccccc3n2)=C1. The number of nitrogens with zero attached hydrogens (tertiary/aromatic N) is 3. The molecule has 1 aliphatic carbocycles. The number of aliphatic hydroxyl groups excluding tert-OH is 1. The summed E-state index contributed by atoms with van der Waals surface area (Å²) in [5.41, 5.74) is 3.57. The van der Waals surface area contributed by atoms with Gasteiger partial charge >= 0.3 is 0 Å². The largest absolute Gasteiger partial charge is 0.386 e. The number of hydrogen-bond acceptors (Lipinski definition) is 3. The van der Waals surface area contributed by atoms with Crippen LogP contribution >= 0.6 is 22.6 Å². The molecule has 98 valence electrons. The fourth-order valence-electron chi connectivity index (χ4n) is 2.30. The molecule has 2 aromatic rings. The van der Waals surface area contributed by atoms with Gasteiger partial charge in [-0.1, -0.05) is 46.4 Å². The number of allylic oxidation sites excluding steroid dienone is 2. The Morgan fingerprint density at radius 1 is 1.26 bits per heavy atom. The van der Waals surface area contributed by atoms with Crippen molar-refractivity contribution < 1.29 is 5.11 Å². The second-order valence-corrected chi connectivity index (χ2v) is 5.60. The summed E-state index contributed by atoms with van der Waals surface area (Å²) in [6.45, 7) is 2.04. The van der Waals surface area contributed by atoms with Gasteiger partial charge in [0.05, 0.1) is 5.70 Å². The number of aliphatic hydroxyl groups is 1. The molecule has 1 N–H and O–H groups in total. The van der Waals surface area contributed by atoms with Crippen molar-refractivity contribution in [2.24, 2.45) is 5.92 Å². The fraction of sp³-hybridized carbons (Fsp3) is 0.286. The first-order chi connectivity index (χ1) is 9.19. The van der Waals surface area contributed by atoms with E-state index in [1.807, 2.05) is 37.3 Å². The Labute approximate surface area is 124 Å². The van der Waals surface area contributed by atoms with E-state index in [0.717, 1.165) is 26.7 Å². The Morgan fingerprint density at radius 3 is 2.47 bits per heavy atom. The van der Waals surface area contributed by atoms with Gasteiger partial charge in [-0.15, -0.1) is 10.2 Å². The molecule has 0 saturated carbocycles. The van der Waals surface area contributed by atoms with Gasteiger partial charge in [0.1, 0.15) is 17.1 Å². The van der Waals surface area contributed by atoms with E-state index in [0.29, 0.717) is 0 Å². The van der Waals surface area contributed by atoms with Crippen molar-refractivity contribution >= 4 is 39.3 Å². The van der Waals surface area contributed by atoms with Crippen LogP contribution in [0.2, 0.25) is 0 Å². The van der Waals surface area contributed by atoms with Gasteiger partial charge in [-0.3, -0.25) is 0 Å². The molecule has 2 atom stereocenters. The molecule has 1 aliphatic rings. The molecule has 0 saturated heterocycles. The summed E-state index contributed by atoms with van der Waals surface area (Å²) in [7, 11) is 0. The number of fused-ring (bicyclic) bond motifs is 1. The van der Waals surface area contributed by atoms with E-state index < -0.39 is 6.10 Å². The molecule has 1 aromatic carbocycles. The van der Waals surface area contributed by atoms with E-state index in [9.17, 15) is 5.11 Å². The Kier molecular flexibility index (Phi) is 3.40. The summed E-state index contributed by atoms with van der Waals surface area (Å²) in [4.78, 5) is 1.56. The average molecular weight is 367 g/mol. The maximum atomic E-state index is 10.4. The van der Waals surface area contributed by atoms with Crippen molar-refractivity contribution in [3.63, 3.8) is 0 Å². The van der Waals surface area contributed by atoms with E-state index >= 15 is 0 Å². The third kappa shape index (κ3) is 2.32. The minimum absolute atomic E-state index is 0.120. The van der Waals surface area contributed by atoms with Gasteiger partial charge in [0, 0.05) is 10.3 Å². The smallest absolute Gasteiger partial charge is 0.113 e. The average Bonchev–Trinajstić information content (AvgIpc) is 2.84. The summed E-state index contributed by atoms with van der Waals surface area (Å²) < 4.78 is 0.869. The monoisotopic (exact) mass is 367 g/mol. The molecule has 0 radical (unpaired) electrons. The lowest BCUT2D eigenvalue weighted by Gasteiger charge is -2.24. The molecule has 0 amide bonds. The minimum atomic E-state index is -0.553. The normalized spacial score (nSPS) is 23.3. The van der Waals surface area contributed by atoms with Crippen molar-refractivity contribution in [3.8, 4) is 0 Å². The second-order valence-electron chi connectivity index (χ2n) is 4.72. The summed E-state index contributed by atoms with van der Waals surface area (Å²) in [5.74, 6) is 0.120. The number of hydrogen-bond donors (Lipinski definition) is 1. The van der Waals surface area contributed by atoms with Crippen molar-refractivity contribution in [1.29, 1.82) is 0 Å². The van der Waals surface area contributed by atoms with Crippen LogP contribution in [-0.2, 0) is 0 Å². The van der Waals surface area contributed by atoms with Gasteiger partial charge in [-0.05, 0) is 25.1 Å². The predicted molar refractivity (Wildman–Crippen MR) is 83.9 cm³/mol. The van der Waals surface area contributed by atoms with Crippen LogP contribution in [0.3, 0.4) is 0 Å². The van der Waals surface area contributed by atoms with Gasteiger partial charge in [0.25, 0.3) is 0 Å². The highest BCUT2D eigenvalue weighted by atomic mass is 127. The number of rotatable bonds is 2. The van der Waals surface area contributed by atoms with Crippen molar-refractivity contribution in [1.82, 2.24) is 15.0 Å². The summed E-state index contributed by atoms with van der Waals surface area (Å²) in [5, 5.41) is 19.3. The topological polar surface area (TPSA) is 50.9 Å². The molecule has 2 unspecified atom stereocenters. The number of alkyl halides is 1. The molecule has 0 aliphatic heterocycles. The highest BCUT2D eigenvalue weighted by Crippen LogP contribution is 2.27. The van der Waals surface area contributed by atoms with Crippen molar-refractivity contribution in [3.05, 3.63) is 42.0 Å². The lowest BCUT2D eigenvalue weighted by molar-refractivity contribution is 0.187. The highest BCUT2D eigenvalue weighted by molar-refractivity contribution is 14.1. The maximum Gasteiger partial charge on any atom is 0.113 e. The third-order valence-corrected chi connectivity index (χ3v) is 4.27. The van der Waals surface area contributed by atoms with E-state index in [4.69, 9.17) is 0 Å². The molecule has 1 heterocycles. The lowest BCUT2D eigenvalue weighted by Crippen LogP contribution is -2.28. The Balaban J connectivity index is 2.07. The molecule has 19 heavy (non-hydrogen) atoms. The first-order valence-corrected chi connectivity index (χ1v) is 7.68. The van der Waals surface area contributed by atoms with Gasteiger partial charge < -0.3 is 5.11 Å². The minimum Gasteiger partial charge on any atom is -0.386 e. The summed E-state index contributed by atoms with van der Waals surface area (Å²) >= 11 is 2.29. The van der Waals surface area contributed by atoms with Crippen LogP contribution in [0.1, 0.15) is 6.92 Å². The first-order valence-electron chi connectivity index (χ1n) is 6.15. The molecule has 5 heteroatoms. The zero-order valence-electron chi connectivity index (χ0n) is 10.5. The molecule has 0 fully saturated rings. The quantitative estimate of drug-likeness (QED) is 0.656. The third-order valence-electron chi connectivity index (χ3n) is 3.26. The predicted octanol–water partition coefficient (Wildman–Crippen LogP) is 2.64. The number of benzene rings is 1. The molecule has 1 aromatic heterocycles. The van der Waals surface area contributed by atoms with E-state index in [1.165, 1.54) is 0 Å². The van der Waals surface area contributed by atoms with Gasteiger partial charge in [-0.25, -0.2) is 0 Å². The van der Waals surface area contributed by atoms with Gasteiger partial charge in [-0.2, -0.15) is 4.80 Å². The summed E-state index contributed by atoms with van der Waals surface area (Å²) in [6, 6.07) is 7.72. The second kappa shape index (κ2) is 5.05. The zero-order valence-corrected chi connectivity index (χ0v) is 12.7. The van der Waals surface area contributed by atoms with Gasteiger partial charge in [0.2, 0.25) is 0 Å². The standard InChI is InChI=1S/C14H14IN3O/c1-9-6-10(8-15)14(19)13(7-9)18-16-11-4-2-3-5-12(11)17-18/h2-7,10,14,19H,8H2,1H3. The van der Waals surface area contributed by atoms with Crippen LogP contribution in [0.4, 0.5) is 0 Å². The van der Waals surface area contributed by atoms with Gasteiger partial charge in [0.15, 0.2) is 0 Å². The molecular formula is C14H14IN3O. The highest BCUT2D eigenvalue weighted by Gasteiger charge is 2.26. The van der Waals surface area contributed by atoms with E-state index in [2.05, 4.69) is 38.9 Å². The van der Waals surface area contributed by atoms with E-state index in [-0.39, 0.29) is 5.92 Å². The molecule has 4 nitrogen and oxygen atoms in total. The molecule has 0 bridgehead atoms. The van der Waals surface area contributed by atoms with Crippen LogP contribution in [0, 0.1) is 5.92 Å². The zero-order chi connectivity index (χ0) is 13.4. The number of halogens is 1. The Hall–Kier alpha value is -1.21. The van der Waals surface area contributed by atoms with Crippen LogP contribution in [-0.4, -0.2) is 30.6 Å². The van der Waals surface area contributed by atoms with Crippen molar-refractivity contribution in [2.45, 2.75) is 13.0 Å². The fourth-order valence-corrected chi connectivity index (χ4v) is 3.03. The Bertz CT molecular complexity index is 641. The number of aromatic nitrogens is 3. The molecule has 3 rings (SSSR count). The van der Waals surface area contributed by atoms with Crippen LogP contribution < -0.4 is 0 Å². The van der Waals surface area contributed by atoms with Crippen LogP contribution in [0.15, 0.2) is 42.0 Å². The maximum absolute atomic E-state index is 10.4. The molecular weight excluding hydrogens is 353 g/mol. The summed E-state index contributed by atoms with van der Waals surface area (Å²) in [6.07, 6.45) is 3.50. The lowest BCUT2D eigenvalue weighted by atomic mass is 9.93. The first kappa shape index (κ1) is 12.8.